The van der Waals surface area contributed by atoms with Gasteiger partial charge in [0.15, 0.2) is 0 Å². The van der Waals surface area contributed by atoms with Crippen LogP contribution in [0.25, 0.3) is 55.1 Å². The molecule has 1 heteroatoms. The summed E-state index contributed by atoms with van der Waals surface area (Å²) in [6.45, 7) is 0. The SMILES string of the molecule is [CH2-][n+]1ccc2c(ccc3ccccc32)c1-c1ccc(-c2ccccc2)c(-c2ccccc2)c1. The molecule has 6 aromatic rings. The molecule has 0 atom stereocenters. The van der Waals surface area contributed by atoms with Crippen LogP contribution in [0, 0.1) is 7.05 Å². The molecule has 1 aromatic heterocycles. The standard InChI is InChI=1S/C32H23N/c1-33-21-20-29-27-15-9-8-14-25(27)16-19-30(29)32(33)26-17-18-28(23-10-4-2-5-11-23)31(22-26)24-12-6-3-7-13-24/h2-22H,1H2. The molecule has 156 valence electrons. The van der Waals surface area contributed by atoms with Crippen molar-refractivity contribution in [3.05, 3.63) is 135 Å². The van der Waals surface area contributed by atoms with E-state index in [9.17, 15) is 0 Å². The molecule has 0 aliphatic carbocycles. The van der Waals surface area contributed by atoms with Crippen LogP contribution in [0.2, 0.25) is 0 Å². The molecule has 1 heterocycles. The number of pyridine rings is 1. The van der Waals surface area contributed by atoms with Gasteiger partial charge in [-0.05, 0) is 55.4 Å². The Bertz CT molecular complexity index is 1600. The summed E-state index contributed by atoms with van der Waals surface area (Å²) in [5, 5.41) is 4.97. The Hall–Kier alpha value is -4.36. The number of hydrogen-bond acceptors (Lipinski definition) is 0. The molecule has 0 N–H and O–H groups in total. The van der Waals surface area contributed by atoms with Gasteiger partial charge < -0.3 is 4.57 Å². The minimum absolute atomic E-state index is 1.12. The molecular weight excluding hydrogens is 398 g/mol. The lowest BCUT2D eigenvalue weighted by atomic mass is 9.91. The Morgan fingerprint density at radius 1 is 0.455 bits per heavy atom. The highest BCUT2D eigenvalue weighted by atomic mass is 14.9. The van der Waals surface area contributed by atoms with Gasteiger partial charge in [-0.25, -0.2) is 0 Å². The van der Waals surface area contributed by atoms with Crippen molar-refractivity contribution in [2.75, 3.05) is 0 Å². The Kier molecular flexibility index (Phi) is 4.66. The van der Waals surface area contributed by atoms with E-state index in [1.807, 2.05) is 4.57 Å². The van der Waals surface area contributed by atoms with Gasteiger partial charge in [-0.15, -0.1) is 0 Å². The first-order valence-electron chi connectivity index (χ1n) is 11.2. The lowest BCUT2D eigenvalue weighted by Crippen LogP contribution is -2.28. The first-order chi connectivity index (χ1) is 16.3. The zero-order chi connectivity index (χ0) is 22.2. The number of rotatable bonds is 3. The lowest BCUT2D eigenvalue weighted by molar-refractivity contribution is -0.599. The largest absolute Gasteiger partial charge is 0.332 e. The molecule has 0 radical (unpaired) electrons. The Morgan fingerprint density at radius 2 is 1.12 bits per heavy atom. The van der Waals surface area contributed by atoms with Crippen LogP contribution in [-0.4, -0.2) is 0 Å². The highest BCUT2D eigenvalue weighted by molar-refractivity contribution is 6.10. The molecule has 0 saturated carbocycles. The van der Waals surface area contributed by atoms with E-state index in [0.29, 0.717) is 0 Å². The summed E-state index contributed by atoms with van der Waals surface area (Å²) in [4.78, 5) is 0. The second-order valence-corrected chi connectivity index (χ2v) is 8.37. The van der Waals surface area contributed by atoms with Gasteiger partial charge in [-0.1, -0.05) is 115 Å². The smallest absolute Gasteiger partial charge is 0.119 e. The van der Waals surface area contributed by atoms with Gasteiger partial charge in [0.05, 0.1) is 6.20 Å². The topological polar surface area (TPSA) is 3.88 Å². The summed E-state index contributed by atoms with van der Waals surface area (Å²) < 4.78 is 1.99. The number of fused-ring (bicyclic) bond motifs is 3. The monoisotopic (exact) mass is 421 g/mol. The first kappa shape index (κ1) is 19.3. The fourth-order valence-electron chi connectivity index (χ4n) is 4.81. The third-order valence-corrected chi connectivity index (χ3v) is 6.40. The van der Waals surface area contributed by atoms with Gasteiger partial charge in [-0.2, -0.15) is 0 Å². The van der Waals surface area contributed by atoms with Crippen molar-refractivity contribution in [2.45, 2.75) is 0 Å². The van der Waals surface area contributed by atoms with Crippen molar-refractivity contribution in [3.8, 4) is 33.5 Å². The van der Waals surface area contributed by atoms with E-state index < -0.39 is 0 Å². The van der Waals surface area contributed by atoms with Crippen molar-refractivity contribution >= 4 is 21.5 Å². The Labute approximate surface area is 194 Å². The number of benzene rings is 5. The summed E-state index contributed by atoms with van der Waals surface area (Å²) >= 11 is 0. The maximum absolute atomic E-state index is 4.33. The minimum Gasteiger partial charge on any atom is -0.332 e. The van der Waals surface area contributed by atoms with E-state index in [2.05, 4.69) is 135 Å². The molecule has 1 nitrogen and oxygen atoms in total. The summed E-state index contributed by atoms with van der Waals surface area (Å²) in [6, 6.07) is 43.2. The number of nitrogens with zero attached hydrogens (tertiary/aromatic N) is 1. The van der Waals surface area contributed by atoms with Gasteiger partial charge in [-0.3, -0.25) is 0 Å². The van der Waals surface area contributed by atoms with Crippen LogP contribution in [0.4, 0.5) is 0 Å². The summed E-state index contributed by atoms with van der Waals surface area (Å²) in [7, 11) is 4.33. The van der Waals surface area contributed by atoms with Crippen LogP contribution < -0.4 is 4.57 Å². The minimum atomic E-state index is 1.12. The van der Waals surface area contributed by atoms with Crippen LogP contribution in [0.1, 0.15) is 0 Å². The molecule has 33 heavy (non-hydrogen) atoms. The number of hydrogen-bond donors (Lipinski definition) is 0. The molecule has 0 aliphatic rings. The van der Waals surface area contributed by atoms with Gasteiger partial charge in [0.2, 0.25) is 0 Å². The fraction of sp³-hybridized carbons (Fsp3) is 0. The first-order valence-corrected chi connectivity index (χ1v) is 11.2. The van der Waals surface area contributed by atoms with Crippen molar-refractivity contribution in [1.82, 2.24) is 0 Å². The molecule has 0 unspecified atom stereocenters. The van der Waals surface area contributed by atoms with Crippen LogP contribution in [0.3, 0.4) is 0 Å². The molecule has 0 bridgehead atoms. The van der Waals surface area contributed by atoms with Crippen LogP contribution in [-0.2, 0) is 0 Å². The molecule has 0 fully saturated rings. The maximum atomic E-state index is 4.33. The Morgan fingerprint density at radius 3 is 1.88 bits per heavy atom. The van der Waals surface area contributed by atoms with Crippen molar-refractivity contribution in [2.24, 2.45) is 0 Å². The zero-order valence-electron chi connectivity index (χ0n) is 18.3. The van der Waals surface area contributed by atoms with Gasteiger partial charge in [0.25, 0.3) is 0 Å². The van der Waals surface area contributed by atoms with E-state index >= 15 is 0 Å². The third kappa shape index (κ3) is 3.35. The average molecular weight is 422 g/mol. The third-order valence-electron chi connectivity index (χ3n) is 6.40. The predicted molar refractivity (Wildman–Crippen MR) is 139 cm³/mol. The van der Waals surface area contributed by atoms with Crippen LogP contribution in [0.5, 0.6) is 0 Å². The molecule has 0 spiro atoms. The normalized spacial score (nSPS) is 11.2. The van der Waals surface area contributed by atoms with Crippen molar-refractivity contribution in [3.63, 3.8) is 0 Å². The van der Waals surface area contributed by atoms with Crippen molar-refractivity contribution in [1.29, 1.82) is 0 Å². The summed E-state index contributed by atoms with van der Waals surface area (Å²) in [5.41, 5.74) is 7.15. The Balaban J connectivity index is 1.64. The summed E-state index contributed by atoms with van der Waals surface area (Å²) in [5.74, 6) is 0. The van der Waals surface area contributed by atoms with E-state index in [1.165, 1.54) is 43.8 Å². The second-order valence-electron chi connectivity index (χ2n) is 8.37. The average Bonchev–Trinajstić information content (AvgIpc) is 2.89. The molecule has 5 aromatic carbocycles. The van der Waals surface area contributed by atoms with Crippen molar-refractivity contribution < 1.29 is 4.57 Å². The lowest BCUT2D eigenvalue weighted by Gasteiger charge is -2.17. The maximum Gasteiger partial charge on any atom is 0.119 e. The molecule has 0 amide bonds. The highest BCUT2D eigenvalue weighted by Crippen LogP contribution is 2.37. The van der Waals surface area contributed by atoms with Crippen LogP contribution in [0.15, 0.2) is 128 Å². The molecule has 0 saturated heterocycles. The van der Waals surface area contributed by atoms with E-state index in [-0.39, 0.29) is 0 Å². The quantitative estimate of drug-likeness (QED) is 0.155. The van der Waals surface area contributed by atoms with Gasteiger partial charge in [0, 0.05) is 7.05 Å². The van der Waals surface area contributed by atoms with Gasteiger partial charge >= 0.3 is 0 Å². The zero-order valence-corrected chi connectivity index (χ0v) is 18.3. The van der Waals surface area contributed by atoms with Gasteiger partial charge in [0.1, 0.15) is 5.69 Å². The van der Waals surface area contributed by atoms with E-state index in [4.69, 9.17) is 0 Å². The second kappa shape index (κ2) is 7.96. The molecule has 0 aliphatic heterocycles. The van der Waals surface area contributed by atoms with Crippen LogP contribution >= 0.6 is 0 Å². The fourth-order valence-corrected chi connectivity index (χ4v) is 4.81. The molecule has 6 rings (SSSR count). The highest BCUT2D eigenvalue weighted by Gasteiger charge is 2.14. The summed E-state index contributed by atoms with van der Waals surface area (Å²) in [6.07, 6.45) is 2.07. The molecular formula is C32H23N. The number of aromatic nitrogens is 1. The van der Waals surface area contributed by atoms with E-state index in [0.717, 1.165) is 11.3 Å². The predicted octanol–water partition coefficient (Wildman–Crippen LogP) is 7.92. The van der Waals surface area contributed by atoms with E-state index in [1.54, 1.807) is 0 Å².